The van der Waals surface area contributed by atoms with Crippen molar-refractivity contribution >= 4 is 5.97 Å². The van der Waals surface area contributed by atoms with Gasteiger partial charge >= 0.3 is 5.97 Å². The number of fused-ring (bicyclic) bond motifs is 2. The van der Waals surface area contributed by atoms with Crippen LogP contribution in [0.1, 0.15) is 39.5 Å². The summed E-state index contributed by atoms with van der Waals surface area (Å²) >= 11 is 0. The molecule has 0 saturated heterocycles. The second-order valence-electron chi connectivity index (χ2n) is 5.60. The molecule has 2 aliphatic rings. The van der Waals surface area contributed by atoms with Crippen molar-refractivity contribution in [3.8, 4) is 0 Å². The first kappa shape index (κ1) is 11.9. The lowest BCUT2D eigenvalue weighted by molar-refractivity contribution is -0.146. The standard InChI is InChI=1S/C13H23NO2/c1-9(2)16-13(15)8-14-7-12-6-10-3-4-11(12)5-10/h9-12,14H,3-8H2,1-2H3. The summed E-state index contributed by atoms with van der Waals surface area (Å²) in [4.78, 5) is 11.3. The van der Waals surface area contributed by atoms with Gasteiger partial charge in [-0.2, -0.15) is 0 Å². The summed E-state index contributed by atoms with van der Waals surface area (Å²) in [5, 5.41) is 3.24. The van der Waals surface area contributed by atoms with Crippen LogP contribution in [-0.2, 0) is 9.53 Å². The second-order valence-corrected chi connectivity index (χ2v) is 5.60. The molecule has 0 radical (unpaired) electrons. The number of ether oxygens (including phenoxy) is 1. The van der Waals surface area contributed by atoms with Crippen LogP contribution < -0.4 is 5.32 Å². The predicted octanol–water partition coefficient (Wildman–Crippen LogP) is 1.96. The molecule has 2 bridgehead atoms. The fourth-order valence-electron chi connectivity index (χ4n) is 3.29. The van der Waals surface area contributed by atoms with Crippen molar-refractivity contribution in [1.29, 1.82) is 0 Å². The fourth-order valence-corrected chi connectivity index (χ4v) is 3.29. The van der Waals surface area contributed by atoms with Crippen LogP contribution in [0.3, 0.4) is 0 Å². The molecule has 0 aromatic heterocycles. The van der Waals surface area contributed by atoms with Gasteiger partial charge in [-0.1, -0.05) is 6.42 Å². The van der Waals surface area contributed by atoms with Crippen LogP contribution in [0.5, 0.6) is 0 Å². The molecule has 3 unspecified atom stereocenters. The Morgan fingerprint density at radius 2 is 2.19 bits per heavy atom. The van der Waals surface area contributed by atoms with E-state index in [1.165, 1.54) is 25.7 Å². The van der Waals surface area contributed by atoms with Crippen LogP contribution in [0.4, 0.5) is 0 Å². The van der Waals surface area contributed by atoms with E-state index in [4.69, 9.17) is 4.74 Å². The fraction of sp³-hybridized carbons (Fsp3) is 0.923. The van der Waals surface area contributed by atoms with E-state index in [-0.39, 0.29) is 12.1 Å². The van der Waals surface area contributed by atoms with Gasteiger partial charge < -0.3 is 10.1 Å². The van der Waals surface area contributed by atoms with Gasteiger partial charge in [0.05, 0.1) is 12.6 Å². The van der Waals surface area contributed by atoms with Gasteiger partial charge in [-0.3, -0.25) is 4.79 Å². The molecule has 92 valence electrons. The Kier molecular flexibility index (Phi) is 3.85. The maximum atomic E-state index is 11.3. The summed E-state index contributed by atoms with van der Waals surface area (Å²) < 4.78 is 5.08. The van der Waals surface area contributed by atoms with Gasteiger partial charge in [-0.15, -0.1) is 0 Å². The highest BCUT2D eigenvalue weighted by Gasteiger charge is 2.38. The summed E-state index contributed by atoms with van der Waals surface area (Å²) in [5.74, 6) is 2.60. The SMILES string of the molecule is CC(C)OC(=O)CNCC1CC2CCC1C2. The molecule has 3 nitrogen and oxygen atoms in total. The highest BCUT2D eigenvalue weighted by molar-refractivity contribution is 5.71. The summed E-state index contributed by atoms with van der Waals surface area (Å²) in [5.41, 5.74) is 0. The molecule has 0 aliphatic heterocycles. The summed E-state index contributed by atoms with van der Waals surface area (Å²) in [7, 11) is 0. The quantitative estimate of drug-likeness (QED) is 0.727. The molecule has 0 aromatic carbocycles. The Bertz CT molecular complexity index is 252. The van der Waals surface area contributed by atoms with Crippen LogP contribution in [0.2, 0.25) is 0 Å². The minimum Gasteiger partial charge on any atom is -0.462 e. The molecule has 2 aliphatic carbocycles. The van der Waals surface area contributed by atoms with Crippen molar-refractivity contribution in [2.75, 3.05) is 13.1 Å². The van der Waals surface area contributed by atoms with Crippen molar-refractivity contribution in [2.24, 2.45) is 17.8 Å². The number of nitrogens with one attached hydrogen (secondary N) is 1. The lowest BCUT2D eigenvalue weighted by Gasteiger charge is -2.21. The normalized spacial score (nSPS) is 32.3. The highest BCUT2D eigenvalue weighted by atomic mass is 16.5. The second kappa shape index (κ2) is 5.17. The number of carbonyl (C=O) groups is 1. The largest absolute Gasteiger partial charge is 0.462 e. The molecule has 16 heavy (non-hydrogen) atoms. The van der Waals surface area contributed by atoms with Crippen LogP contribution in [0.25, 0.3) is 0 Å². The number of hydrogen-bond acceptors (Lipinski definition) is 3. The van der Waals surface area contributed by atoms with E-state index in [0.717, 1.165) is 24.3 Å². The van der Waals surface area contributed by atoms with Crippen molar-refractivity contribution in [1.82, 2.24) is 5.32 Å². The molecule has 0 amide bonds. The molecule has 2 rings (SSSR count). The van der Waals surface area contributed by atoms with E-state index in [0.29, 0.717) is 6.54 Å². The van der Waals surface area contributed by atoms with Gasteiger partial charge in [0.2, 0.25) is 0 Å². The highest BCUT2D eigenvalue weighted by Crippen LogP contribution is 2.47. The van der Waals surface area contributed by atoms with Crippen LogP contribution in [0.15, 0.2) is 0 Å². The maximum absolute atomic E-state index is 11.3. The maximum Gasteiger partial charge on any atom is 0.320 e. The van der Waals surface area contributed by atoms with Crippen LogP contribution in [-0.4, -0.2) is 25.2 Å². The minimum absolute atomic E-state index is 0.00297. The van der Waals surface area contributed by atoms with Gasteiger partial charge in [0.25, 0.3) is 0 Å². The van der Waals surface area contributed by atoms with Crippen LogP contribution >= 0.6 is 0 Å². The molecule has 0 spiro atoms. The first-order chi connectivity index (χ1) is 7.65. The number of rotatable bonds is 5. The summed E-state index contributed by atoms with van der Waals surface area (Å²) in [6.45, 7) is 5.13. The Balaban J connectivity index is 1.60. The summed E-state index contributed by atoms with van der Waals surface area (Å²) in [6.07, 6.45) is 5.65. The average molecular weight is 225 g/mol. The zero-order valence-electron chi connectivity index (χ0n) is 10.4. The van der Waals surface area contributed by atoms with Crippen molar-refractivity contribution < 1.29 is 9.53 Å². The van der Waals surface area contributed by atoms with Gasteiger partial charge in [-0.25, -0.2) is 0 Å². The van der Waals surface area contributed by atoms with Crippen molar-refractivity contribution in [2.45, 2.75) is 45.6 Å². The van der Waals surface area contributed by atoms with Gasteiger partial charge in [0.15, 0.2) is 0 Å². The smallest absolute Gasteiger partial charge is 0.320 e. The van der Waals surface area contributed by atoms with Crippen molar-refractivity contribution in [3.05, 3.63) is 0 Å². The molecule has 1 N–H and O–H groups in total. The van der Waals surface area contributed by atoms with Gasteiger partial charge in [0, 0.05) is 0 Å². The molecule has 3 heteroatoms. The Morgan fingerprint density at radius 3 is 2.75 bits per heavy atom. The zero-order valence-corrected chi connectivity index (χ0v) is 10.4. The molecule has 2 saturated carbocycles. The molecular weight excluding hydrogens is 202 g/mol. The van der Waals surface area contributed by atoms with Gasteiger partial charge in [-0.05, 0) is 57.4 Å². The molecule has 3 atom stereocenters. The number of carbonyl (C=O) groups excluding carboxylic acids is 1. The third-order valence-electron chi connectivity index (χ3n) is 3.93. The van der Waals surface area contributed by atoms with E-state index in [1.807, 2.05) is 13.8 Å². The first-order valence-corrected chi connectivity index (χ1v) is 6.55. The van der Waals surface area contributed by atoms with Crippen molar-refractivity contribution in [3.63, 3.8) is 0 Å². The van der Waals surface area contributed by atoms with Gasteiger partial charge in [0.1, 0.15) is 0 Å². The first-order valence-electron chi connectivity index (χ1n) is 6.55. The molecular formula is C13H23NO2. The lowest BCUT2D eigenvalue weighted by Crippen LogP contribution is -2.32. The lowest BCUT2D eigenvalue weighted by atomic mass is 9.89. The average Bonchev–Trinajstić information content (AvgIpc) is 2.77. The van der Waals surface area contributed by atoms with Crippen LogP contribution in [0, 0.1) is 17.8 Å². The molecule has 0 aromatic rings. The monoisotopic (exact) mass is 225 g/mol. The minimum atomic E-state index is -0.127. The van der Waals surface area contributed by atoms with E-state index in [2.05, 4.69) is 5.32 Å². The third kappa shape index (κ3) is 2.97. The number of esters is 1. The van der Waals surface area contributed by atoms with E-state index >= 15 is 0 Å². The Hall–Kier alpha value is -0.570. The Labute approximate surface area is 97.9 Å². The topological polar surface area (TPSA) is 38.3 Å². The Morgan fingerprint density at radius 1 is 1.38 bits per heavy atom. The molecule has 2 fully saturated rings. The van der Waals surface area contributed by atoms with E-state index in [1.54, 1.807) is 0 Å². The predicted molar refractivity (Wildman–Crippen MR) is 63.0 cm³/mol. The van der Waals surface area contributed by atoms with E-state index < -0.39 is 0 Å². The third-order valence-corrected chi connectivity index (χ3v) is 3.93. The van der Waals surface area contributed by atoms with E-state index in [9.17, 15) is 4.79 Å². The zero-order chi connectivity index (χ0) is 11.5. The number of hydrogen-bond donors (Lipinski definition) is 1. The molecule has 0 heterocycles. The summed E-state index contributed by atoms with van der Waals surface area (Å²) in [6, 6.07) is 0.